The fraction of sp³-hybridized carbons (Fsp3) is 0.462. The van der Waals surface area contributed by atoms with Crippen LogP contribution in [-0.2, 0) is 0 Å². The van der Waals surface area contributed by atoms with E-state index in [9.17, 15) is 0 Å². The van der Waals surface area contributed by atoms with E-state index in [1.54, 1.807) is 0 Å². The Balaban J connectivity index is 2.21. The molecule has 92 valence electrons. The minimum Gasteiger partial charge on any atom is -0.393 e. The van der Waals surface area contributed by atoms with Crippen LogP contribution in [0.3, 0.4) is 0 Å². The minimum atomic E-state index is 0.251. The lowest BCUT2D eigenvalue weighted by Gasteiger charge is -2.38. The topological polar surface area (TPSA) is 32.5 Å². The third-order valence-electron chi connectivity index (χ3n) is 3.32. The summed E-state index contributed by atoms with van der Waals surface area (Å²) in [5, 5.41) is 0. The zero-order valence-corrected chi connectivity index (χ0v) is 11.2. The molecule has 0 amide bonds. The molecule has 1 aromatic carbocycles. The average Bonchev–Trinajstić information content (AvgIpc) is 2.33. The molecule has 0 saturated heterocycles. The molecule has 1 atom stereocenters. The molecular formula is C13H19N3S. The fourth-order valence-electron chi connectivity index (χ4n) is 2.18. The summed E-state index contributed by atoms with van der Waals surface area (Å²) in [4.78, 5) is 5.26. The highest BCUT2D eigenvalue weighted by Gasteiger charge is 2.21. The summed E-state index contributed by atoms with van der Waals surface area (Å²) in [5.74, 6) is 0.251. The molecule has 2 N–H and O–H groups in total. The van der Waals surface area contributed by atoms with Gasteiger partial charge in [-0.2, -0.15) is 0 Å². The molecule has 0 aliphatic carbocycles. The number of nitrogens with zero attached hydrogens (tertiary/aromatic N) is 2. The average molecular weight is 249 g/mol. The van der Waals surface area contributed by atoms with E-state index in [1.165, 1.54) is 11.4 Å². The van der Waals surface area contributed by atoms with E-state index in [0.717, 1.165) is 19.6 Å². The number of benzene rings is 1. The van der Waals surface area contributed by atoms with Crippen LogP contribution in [0.25, 0.3) is 0 Å². The van der Waals surface area contributed by atoms with Gasteiger partial charge in [0.15, 0.2) is 0 Å². The minimum absolute atomic E-state index is 0.251. The first-order valence-electron chi connectivity index (χ1n) is 5.94. The second kappa shape index (κ2) is 4.92. The largest absolute Gasteiger partial charge is 0.393 e. The van der Waals surface area contributed by atoms with E-state index < -0.39 is 0 Å². The molecular weight excluding hydrogens is 230 g/mol. The lowest BCUT2D eigenvalue weighted by Crippen LogP contribution is -2.42. The highest BCUT2D eigenvalue weighted by Crippen LogP contribution is 2.32. The Bertz CT molecular complexity index is 419. The predicted octanol–water partition coefficient (Wildman–Crippen LogP) is 1.86. The molecule has 0 fully saturated rings. The maximum absolute atomic E-state index is 5.69. The van der Waals surface area contributed by atoms with Gasteiger partial charge in [0.2, 0.25) is 0 Å². The summed E-state index contributed by atoms with van der Waals surface area (Å²) >= 11 is 5.05. The van der Waals surface area contributed by atoms with E-state index in [0.29, 0.717) is 4.99 Å². The van der Waals surface area contributed by atoms with Gasteiger partial charge in [-0.15, -0.1) is 0 Å². The summed E-state index contributed by atoms with van der Waals surface area (Å²) in [7, 11) is 2.13. The van der Waals surface area contributed by atoms with Gasteiger partial charge in [0.05, 0.1) is 16.4 Å². The summed E-state index contributed by atoms with van der Waals surface area (Å²) < 4.78 is 0. The van der Waals surface area contributed by atoms with Gasteiger partial charge in [0, 0.05) is 32.6 Å². The second-order valence-electron chi connectivity index (χ2n) is 4.66. The molecule has 3 nitrogen and oxygen atoms in total. The Morgan fingerprint density at radius 1 is 1.35 bits per heavy atom. The highest BCUT2D eigenvalue weighted by molar-refractivity contribution is 7.80. The highest BCUT2D eigenvalue weighted by atomic mass is 32.1. The standard InChI is InChI=1S/C13H19N3S/c1-10(13(14)17)9-16-8-7-15(2)11-5-3-4-6-12(11)16/h3-6,10H,7-9H2,1-2H3,(H2,14,17). The Morgan fingerprint density at radius 3 is 2.65 bits per heavy atom. The molecule has 0 aromatic heterocycles. The van der Waals surface area contributed by atoms with Crippen molar-refractivity contribution in [2.75, 3.05) is 36.5 Å². The molecule has 0 radical (unpaired) electrons. The molecule has 1 aliphatic rings. The van der Waals surface area contributed by atoms with Crippen LogP contribution in [0.1, 0.15) is 6.92 Å². The van der Waals surface area contributed by atoms with Gasteiger partial charge in [0.25, 0.3) is 0 Å². The van der Waals surface area contributed by atoms with Gasteiger partial charge in [-0.05, 0) is 12.1 Å². The van der Waals surface area contributed by atoms with Crippen molar-refractivity contribution in [3.05, 3.63) is 24.3 Å². The lowest BCUT2D eigenvalue weighted by molar-refractivity contribution is 0.668. The first-order valence-corrected chi connectivity index (χ1v) is 6.35. The Morgan fingerprint density at radius 2 is 2.00 bits per heavy atom. The smallest absolute Gasteiger partial charge is 0.0773 e. The van der Waals surface area contributed by atoms with E-state index in [4.69, 9.17) is 18.0 Å². The Kier molecular flexibility index (Phi) is 3.52. The summed E-state index contributed by atoms with van der Waals surface area (Å²) in [6, 6.07) is 8.48. The molecule has 4 heteroatoms. The molecule has 0 bridgehead atoms. The van der Waals surface area contributed by atoms with E-state index in [-0.39, 0.29) is 5.92 Å². The van der Waals surface area contributed by atoms with Crippen LogP contribution < -0.4 is 15.5 Å². The van der Waals surface area contributed by atoms with Crippen molar-refractivity contribution in [1.82, 2.24) is 0 Å². The quantitative estimate of drug-likeness (QED) is 0.829. The number of thiocarbonyl (C=S) groups is 1. The van der Waals surface area contributed by atoms with Gasteiger partial charge in [-0.25, -0.2) is 0 Å². The van der Waals surface area contributed by atoms with Crippen molar-refractivity contribution in [2.45, 2.75) is 6.92 Å². The van der Waals surface area contributed by atoms with Gasteiger partial charge >= 0.3 is 0 Å². The van der Waals surface area contributed by atoms with Gasteiger partial charge in [-0.1, -0.05) is 31.3 Å². The third kappa shape index (κ3) is 2.52. The van der Waals surface area contributed by atoms with Crippen LogP contribution in [0.5, 0.6) is 0 Å². The zero-order chi connectivity index (χ0) is 12.4. The van der Waals surface area contributed by atoms with Crippen molar-refractivity contribution in [3.8, 4) is 0 Å². The Hall–Kier alpha value is -1.29. The molecule has 0 saturated carbocycles. The van der Waals surface area contributed by atoms with Crippen molar-refractivity contribution in [2.24, 2.45) is 11.7 Å². The van der Waals surface area contributed by atoms with Crippen LogP contribution in [-0.4, -0.2) is 31.7 Å². The maximum Gasteiger partial charge on any atom is 0.0773 e. The van der Waals surface area contributed by atoms with Gasteiger partial charge in [-0.3, -0.25) is 0 Å². The molecule has 0 spiro atoms. The van der Waals surface area contributed by atoms with Crippen LogP contribution in [0.15, 0.2) is 24.3 Å². The summed E-state index contributed by atoms with van der Waals surface area (Å²) in [6.07, 6.45) is 0. The molecule has 1 unspecified atom stereocenters. The van der Waals surface area contributed by atoms with E-state index in [1.807, 2.05) is 0 Å². The fourth-order valence-corrected chi connectivity index (χ4v) is 2.25. The number of likely N-dealkylation sites (N-methyl/N-ethyl adjacent to an activating group) is 1. The molecule has 1 aromatic rings. The number of hydrogen-bond acceptors (Lipinski definition) is 3. The molecule has 1 heterocycles. The first kappa shape index (κ1) is 12.2. The van der Waals surface area contributed by atoms with Crippen molar-refractivity contribution in [3.63, 3.8) is 0 Å². The first-order chi connectivity index (χ1) is 8.09. The number of fused-ring (bicyclic) bond motifs is 1. The summed E-state index contributed by atoms with van der Waals surface area (Å²) in [6.45, 7) is 5.06. The third-order valence-corrected chi connectivity index (χ3v) is 3.72. The van der Waals surface area contributed by atoms with Crippen LogP contribution in [0, 0.1) is 5.92 Å². The van der Waals surface area contributed by atoms with E-state index in [2.05, 4.69) is 48.0 Å². The number of rotatable bonds is 3. The zero-order valence-electron chi connectivity index (χ0n) is 10.4. The van der Waals surface area contributed by atoms with Crippen LogP contribution >= 0.6 is 12.2 Å². The lowest BCUT2D eigenvalue weighted by atomic mass is 10.1. The monoisotopic (exact) mass is 249 g/mol. The van der Waals surface area contributed by atoms with E-state index >= 15 is 0 Å². The Labute approximate surface area is 108 Å². The summed E-state index contributed by atoms with van der Waals surface area (Å²) in [5.41, 5.74) is 8.26. The number of hydrogen-bond donors (Lipinski definition) is 1. The van der Waals surface area contributed by atoms with Crippen molar-refractivity contribution in [1.29, 1.82) is 0 Å². The molecule has 2 rings (SSSR count). The normalized spacial score (nSPS) is 16.6. The SMILES string of the molecule is CC(CN1CCN(C)c2ccccc21)C(N)=S. The predicted molar refractivity (Wildman–Crippen MR) is 77.9 cm³/mol. The number of nitrogens with two attached hydrogens (primary N) is 1. The second-order valence-corrected chi connectivity index (χ2v) is 5.13. The van der Waals surface area contributed by atoms with Crippen molar-refractivity contribution >= 4 is 28.6 Å². The molecule has 17 heavy (non-hydrogen) atoms. The van der Waals surface area contributed by atoms with Gasteiger partial charge in [0.1, 0.15) is 0 Å². The maximum atomic E-state index is 5.69. The number of para-hydroxylation sites is 2. The van der Waals surface area contributed by atoms with Crippen LogP contribution in [0.2, 0.25) is 0 Å². The van der Waals surface area contributed by atoms with Gasteiger partial charge < -0.3 is 15.5 Å². The number of anilines is 2. The van der Waals surface area contributed by atoms with Crippen LogP contribution in [0.4, 0.5) is 11.4 Å². The molecule has 1 aliphatic heterocycles. The van der Waals surface area contributed by atoms with Crippen molar-refractivity contribution < 1.29 is 0 Å².